The van der Waals surface area contributed by atoms with Crippen molar-refractivity contribution in [2.75, 3.05) is 30.8 Å². The van der Waals surface area contributed by atoms with Crippen molar-refractivity contribution in [2.24, 2.45) is 0 Å². The van der Waals surface area contributed by atoms with Crippen LogP contribution in [0.5, 0.6) is 11.5 Å². The average Bonchev–Trinajstić information content (AvgIpc) is 2.84. The Bertz CT molecular complexity index is 1200. The Balaban J connectivity index is 1.61. The lowest BCUT2D eigenvalue weighted by Gasteiger charge is -2.29. The number of carbonyl (C=O) groups is 1. The van der Waals surface area contributed by atoms with Crippen LogP contribution in [0.3, 0.4) is 0 Å². The zero-order valence-electron chi connectivity index (χ0n) is 19.1. The van der Waals surface area contributed by atoms with Crippen molar-refractivity contribution >= 4 is 17.5 Å². The fourth-order valence-electron chi connectivity index (χ4n) is 3.70. The first kappa shape index (κ1) is 23.4. The monoisotopic (exact) mass is 469 g/mol. The van der Waals surface area contributed by atoms with Crippen LogP contribution in [0.2, 0.25) is 0 Å². The number of benzene rings is 2. The number of rotatable bonds is 8. The van der Waals surface area contributed by atoms with Gasteiger partial charge in [0.15, 0.2) is 11.6 Å². The highest BCUT2D eigenvalue weighted by atomic mass is 19.1. The molecule has 0 spiro atoms. The largest absolute Gasteiger partial charge is 0.496 e. The summed E-state index contributed by atoms with van der Waals surface area (Å²) in [5, 5.41) is 5.64. The summed E-state index contributed by atoms with van der Waals surface area (Å²) in [6, 6.07) is 9.25. The summed E-state index contributed by atoms with van der Waals surface area (Å²) in [6.07, 6.45) is -0.174. The third kappa shape index (κ3) is 4.76. The molecule has 8 nitrogen and oxygen atoms in total. The van der Waals surface area contributed by atoms with E-state index in [0.29, 0.717) is 18.0 Å². The minimum atomic E-state index is -1.14. The van der Waals surface area contributed by atoms with Crippen molar-refractivity contribution in [1.29, 1.82) is 0 Å². The van der Waals surface area contributed by atoms with Gasteiger partial charge in [-0.1, -0.05) is 26.0 Å². The molecular formula is C24H25F2N5O3. The van der Waals surface area contributed by atoms with Crippen molar-refractivity contribution in [3.05, 3.63) is 59.8 Å². The van der Waals surface area contributed by atoms with Gasteiger partial charge in [-0.3, -0.25) is 9.69 Å². The molecule has 0 saturated carbocycles. The molecule has 0 bridgehead atoms. The number of aromatic nitrogens is 2. The quantitative estimate of drug-likeness (QED) is 0.515. The molecular weight excluding hydrogens is 444 g/mol. The van der Waals surface area contributed by atoms with Crippen molar-refractivity contribution < 1.29 is 23.0 Å². The first-order valence-corrected chi connectivity index (χ1v) is 10.9. The SMILES string of the molecule is CCN(CC)Cc1cccc2c1OC(Nc1ncc(F)c(-c3ccc(F)cc3OC)n1)C(=O)N2. The molecule has 1 aliphatic heterocycles. The maximum atomic E-state index is 14.5. The maximum Gasteiger partial charge on any atom is 0.287 e. The van der Waals surface area contributed by atoms with E-state index < -0.39 is 23.8 Å². The molecule has 10 heteroatoms. The van der Waals surface area contributed by atoms with Gasteiger partial charge in [-0.2, -0.15) is 0 Å². The van der Waals surface area contributed by atoms with Gasteiger partial charge in [-0.15, -0.1) is 0 Å². The molecule has 2 aromatic carbocycles. The van der Waals surface area contributed by atoms with Crippen molar-refractivity contribution in [2.45, 2.75) is 26.6 Å². The van der Waals surface area contributed by atoms with E-state index in [1.165, 1.54) is 19.2 Å². The topological polar surface area (TPSA) is 88.6 Å². The van der Waals surface area contributed by atoms with E-state index in [-0.39, 0.29) is 23.0 Å². The van der Waals surface area contributed by atoms with Crippen LogP contribution in [-0.2, 0) is 11.3 Å². The minimum absolute atomic E-state index is 0.0346. The lowest BCUT2D eigenvalue weighted by molar-refractivity contribution is -0.122. The second kappa shape index (κ2) is 10.0. The standard InChI is InChI=1S/C24H25F2N5O3/c1-4-31(5-2)13-14-7-6-8-18-21(14)34-23(22(32)28-18)30-24-27-12-17(26)20(29-24)16-10-9-15(25)11-19(16)33-3/h6-12,23H,4-5,13H2,1-3H3,(H,28,32)(H,27,29,30). The number of methoxy groups -OCH3 is 1. The van der Waals surface area contributed by atoms with Crippen LogP contribution in [0.25, 0.3) is 11.3 Å². The Hall–Kier alpha value is -3.79. The molecule has 1 amide bonds. The highest BCUT2D eigenvalue weighted by Crippen LogP contribution is 2.35. The predicted octanol–water partition coefficient (Wildman–Crippen LogP) is 4.04. The Morgan fingerprint density at radius 3 is 2.74 bits per heavy atom. The minimum Gasteiger partial charge on any atom is -0.496 e. The molecule has 2 heterocycles. The van der Waals surface area contributed by atoms with Crippen LogP contribution in [0, 0.1) is 11.6 Å². The van der Waals surface area contributed by atoms with Crippen molar-refractivity contribution in [1.82, 2.24) is 14.9 Å². The lowest BCUT2D eigenvalue weighted by Crippen LogP contribution is -2.43. The van der Waals surface area contributed by atoms with Gasteiger partial charge in [0.1, 0.15) is 17.3 Å². The van der Waals surface area contributed by atoms with Crippen LogP contribution in [-0.4, -0.2) is 47.2 Å². The number of carbonyl (C=O) groups excluding carboxylic acids is 1. The number of hydrogen-bond donors (Lipinski definition) is 2. The van der Waals surface area contributed by atoms with Crippen LogP contribution in [0.15, 0.2) is 42.6 Å². The zero-order chi connectivity index (χ0) is 24.2. The highest BCUT2D eigenvalue weighted by Gasteiger charge is 2.30. The first-order chi connectivity index (χ1) is 16.4. The van der Waals surface area contributed by atoms with Crippen LogP contribution >= 0.6 is 0 Å². The maximum absolute atomic E-state index is 14.5. The number of hydrogen-bond acceptors (Lipinski definition) is 7. The van der Waals surface area contributed by atoms with Crippen LogP contribution in [0.1, 0.15) is 19.4 Å². The molecule has 0 fully saturated rings. The van der Waals surface area contributed by atoms with E-state index in [2.05, 4.69) is 39.3 Å². The van der Waals surface area contributed by atoms with Gasteiger partial charge >= 0.3 is 0 Å². The van der Waals surface area contributed by atoms with Crippen LogP contribution in [0.4, 0.5) is 20.4 Å². The van der Waals surface area contributed by atoms with Gasteiger partial charge in [-0.25, -0.2) is 18.7 Å². The van der Waals surface area contributed by atoms with E-state index in [1.54, 1.807) is 6.07 Å². The van der Waals surface area contributed by atoms with Crippen LogP contribution < -0.4 is 20.1 Å². The fraction of sp³-hybridized carbons (Fsp3) is 0.292. The molecule has 1 aliphatic rings. The van der Waals surface area contributed by atoms with Crippen molar-refractivity contribution in [3.8, 4) is 22.8 Å². The van der Waals surface area contributed by atoms with Gasteiger partial charge < -0.3 is 20.1 Å². The summed E-state index contributed by atoms with van der Waals surface area (Å²) in [6.45, 7) is 6.54. The Morgan fingerprint density at radius 1 is 1.21 bits per heavy atom. The Labute approximate surface area is 195 Å². The smallest absolute Gasteiger partial charge is 0.287 e. The number of ether oxygens (including phenoxy) is 2. The molecule has 3 aromatic rings. The summed E-state index contributed by atoms with van der Waals surface area (Å²) in [5.41, 5.74) is 1.63. The summed E-state index contributed by atoms with van der Waals surface area (Å²) in [7, 11) is 1.35. The van der Waals surface area contributed by atoms with Gasteiger partial charge in [0.25, 0.3) is 12.1 Å². The molecule has 1 unspecified atom stereocenters. The number of nitrogens with zero attached hydrogens (tertiary/aromatic N) is 3. The van der Waals surface area contributed by atoms with E-state index in [0.717, 1.165) is 30.9 Å². The lowest BCUT2D eigenvalue weighted by atomic mass is 10.1. The summed E-state index contributed by atoms with van der Waals surface area (Å²) in [4.78, 5) is 23.0. The second-order valence-corrected chi connectivity index (χ2v) is 7.62. The molecule has 1 aromatic heterocycles. The number of amides is 1. The third-order valence-electron chi connectivity index (χ3n) is 5.54. The highest BCUT2D eigenvalue weighted by molar-refractivity contribution is 5.99. The number of fused-ring (bicyclic) bond motifs is 1. The van der Waals surface area contributed by atoms with Gasteiger partial charge in [0.2, 0.25) is 5.95 Å². The normalized spacial score (nSPS) is 14.9. The number of nitrogens with one attached hydrogen (secondary N) is 2. The summed E-state index contributed by atoms with van der Waals surface area (Å²) >= 11 is 0. The van der Waals surface area contributed by atoms with Gasteiger partial charge in [0, 0.05) is 23.7 Å². The van der Waals surface area contributed by atoms with Crippen molar-refractivity contribution in [3.63, 3.8) is 0 Å². The van der Waals surface area contributed by atoms with Gasteiger partial charge in [-0.05, 0) is 31.3 Å². The third-order valence-corrected chi connectivity index (χ3v) is 5.54. The molecule has 0 aliphatic carbocycles. The first-order valence-electron chi connectivity index (χ1n) is 10.9. The number of halogens is 2. The fourth-order valence-corrected chi connectivity index (χ4v) is 3.70. The molecule has 4 rings (SSSR count). The molecule has 34 heavy (non-hydrogen) atoms. The average molecular weight is 469 g/mol. The van der Waals surface area contributed by atoms with Gasteiger partial charge in [0.05, 0.1) is 19.0 Å². The molecule has 0 radical (unpaired) electrons. The molecule has 1 atom stereocenters. The Kier molecular flexibility index (Phi) is 6.87. The molecule has 2 N–H and O–H groups in total. The summed E-state index contributed by atoms with van der Waals surface area (Å²) < 4.78 is 39.3. The zero-order valence-corrected chi connectivity index (χ0v) is 19.1. The van der Waals surface area contributed by atoms with E-state index >= 15 is 0 Å². The van der Waals surface area contributed by atoms with E-state index in [4.69, 9.17) is 9.47 Å². The van der Waals surface area contributed by atoms with E-state index in [1.807, 2.05) is 12.1 Å². The second-order valence-electron chi connectivity index (χ2n) is 7.62. The number of para-hydroxylation sites is 1. The molecule has 0 saturated heterocycles. The predicted molar refractivity (Wildman–Crippen MR) is 124 cm³/mol. The Morgan fingerprint density at radius 2 is 2.00 bits per heavy atom. The van der Waals surface area contributed by atoms with E-state index in [9.17, 15) is 13.6 Å². The summed E-state index contributed by atoms with van der Waals surface area (Å²) in [5.74, 6) is -1.07. The molecule has 178 valence electrons. The number of anilines is 2.